The molecule has 0 radical (unpaired) electrons. The summed E-state index contributed by atoms with van der Waals surface area (Å²) in [4.78, 5) is 29.0. The van der Waals surface area contributed by atoms with Crippen LogP contribution in [0.4, 0.5) is 26.3 Å². The van der Waals surface area contributed by atoms with Crippen molar-refractivity contribution in [3.05, 3.63) is 65.7 Å². The van der Waals surface area contributed by atoms with E-state index in [1.165, 1.54) is 0 Å². The van der Waals surface area contributed by atoms with E-state index in [-0.39, 0.29) is 11.8 Å². The quantitative estimate of drug-likeness (QED) is 0.213. The zero-order valence-corrected chi connectivity index (χ0v) is 28.4. The van der Waals surface area contributed by atoms with Crippen molar-refractivity contribution in [2.75, 3.05) is 39.8 Å². The Kier molecular flexibility index (Phi) is 10.8. The number of methoxy groups -OCH3 is 1. The highest BCUT2D eigenvalue weighted by molar-refractivity contribution is 6.00. The van der Waals surface area contributed by atoms with E-state index in [4.69, 9.17) is 4.74 Å². The number of hydrogen-bond acceptors (Lipinski definition) is 5. The Morgan fingerprint density at radius 2 is 1.42 bits per heavy atom. The van der Waals surface area contributed by atoms with E-state index in [0.29, 0.717) is 23.2 Å². The van der Waals surface area contributed by atoms with Gasteiger partial charge in [-0.1, -0.05) is 62.4 Å². The smallest absolute Gasteiger partial charge is 0.403 e. The van der Waals surface area contributed by atoms with Crippen LogP contribution >= 0.6 is 0 Å². The number of ether oxygens (including phenoxy) is 1. The second kappa shape index (κ2) is 14.4. The molecule has 0 aromatic heterocycles. The maximum atomic E-state index is 14.4. The lowest BCUT2D eigenvalue weighted by atomic mass is 9.76. The van der Waals surface area contributed by atoms with Gasteiger partial charge in [0.25, 0.3) is 0 Å². The first kappa shape index (κ1) is 37.4. The van der Waals surface area contributed by atoms with Gasteiger partial charge in [0.05, 0.1) is 13.7 Å². The standard InChI is InChI=1S/C37H43F6N3O4/c1-34(2)13-17-45(18-14-34)22-25-8-5-12-30(50-3)31(25)28-11-6-9-26-24(7-4-10-27(26)28)21-29(32(47)48)44-33(49)35(37(41,42)43)15-19-46(20-16-35)23-36(38,39)40/h4-12,29H,13-23H2,1-3H3,(H,44,49)(H,47,48)/t29-/m0/s1. The summed E-state index contributed by atoms with van der Waals surface area (Å²) in [5, 5.41) is 13.6. The predicted molar refractivity (Wildman–Crippen MR) is 178 cm³/mol. The molecule has 1 atom stereocenters. The summed E-state index contributed by atoms with van der Waals surface area (Å²) in [6, 6.07) is 15.0. The van der Waals surface area contributed by atoms with Crippen LogP contribution in [-0.4, -0.2) is 85.0 Å². The Labute approximate surface area is 287 Å². The van der Waals surface area contributed by atoms with E-state index in [2.05, 4.69) is 30.1 Å². The van der Waals surface area contributed by atoms with Gasteiger partial charge in [-0.3, -0.25) is 14.6 Å². The van der Waals surface area contributed by atoms with E-state index in [9.17, 15) is 41.0 Å². The maximum Gasteiger partial charge on any atom is 0.403 e. The second-order valence-electron chi connectivity index (χ2n) is 14.3. The van der Waals surface area contributed by atoms with Crippen molar-refractivity contribution in [1.82, 2.24) is 15.1 Å². The molecule has 5 rings (SSSR count). The first-order valence-electron chi connectivity index (χ1n) is 16.7. The number of halogens is 6. The lowest BCUT2D eigenvalue weighted by Gasteiger charge is -2.42. The Hall–Kier alpha value is -3.84. The zero-order chi connectivity index (χ0) is 36.5. The molecule has 2 heterocycles. The SMILES string of the molecule is COc1cccc(CN2CCC(C)(C)CC2)c1-c1cccc2c(C[C@H](NC(=O)C3(C(F)(F)F)CCN(CC(F)(F)F)CC3)C(=O)O)cccc12. The molecule has 50 heavy (non-hydrogen) atoms. The summed E-state index contributed by atoms with van der Waals surface area (Å²) in [7, 11) is 1.59. The van der Waals surface area contributed by atoms with Gasteiger partial charge in [-0.25, -0.2) is 4.79 Å². The van der Waals surface area contributed by atoms with Gasteiger partial charge in [0, 0.05) is 18.5 Å². The van der Waals surface area contributed by atoms with Crippen LogP contribution in [0.15, 0.2) is 54.6 Å². The van der Waals surface area contributed by atoms with Gasteiger partial charge in [0.1, 0.15) is 17.2 Å². The number of nitrogens with one attached hydrogen (secondary N) is 1. The summed E-state index contributed by atoms with van der Waals surface area (Å²) < 4.78 is 87.7. The van der Waals surface area contributed by atoms with Crippen molar-refractivity contribution in [3.63, 3.8) is 0 Å². The maximum absolute atomic E-state index is 14.4. The Morgan fingerprint density at radius 3 is 2.02 bits per heavy atom. The van der Waals surface area contributed by atoms with E-state index in [1.807, 2.05) is 30.3 Å². The van der Waals surface area contributed by atoms with Crippen molar-refractivity contribution >= 4 is 22.6 Å². The number of carboxylic acid groups (broad SMARTS) is 1. The zero-order valence-electron chi connectivity index (χ0n) is 28.4. The molecule has 2 aliphatic heterocycles. The summed E-state index contributed by atoms with van der Waals surface area (Å²) in [6.45, 7) is 4.52. The van der Waals surface area contributed by atoms with E-state index in [0.717, 1.165) is 52.9 Å². The molecular formula is C37H43F6N3O4. The molecule has 2 aliphatic rings. The first-order valence-corrected chi connectivity index (χ1v) is 16.7. The summed E-state index contributed by atoms with van der Waals surface area (Å²) in [5.74, 6) is -2.42. The number of fused-ring (bicyclic) bond motifs is 1. The second-order valence-corrected chi connectivity index (χ2v) is 14.3. The monoisotopic (exact) mass is 707 g/mol. The number of alkyl halides is 6. The Bertz CT molecular complexity index is 1690. The highest BCUT2D eigenvalue weighted by Gasteiger charge is 2.61. The number of nitrogens with zero attached hydrogens (tertiary/aromatic N) is 2. The molecule has 272 valence electrons. The minimum absolute atomic E-state index is 0.286. The number of aliphatic carboxylic acids is 1. The Morgan fingerprint density at radius 1 is 0.840 bits per heavy atom. The van der Waals surface area contributed by atoms with Crippen molar-refractivity contribution < 1.29 is 45.8 Å². The van der Waals surface area contributed by atoms with Gasteiger partial charge in [-0.15, -0.1) is 0 Å². The number of benzene rings is 3. The highest BCUT2D eigenvalue weighted by Crippen LogP contribution is 2.47. The van der Waals surface area contributed by atoms with Gasteiger partial charge < -0.3 is 15.2 Å². The van der Waals surface area contributed by atoms with E-state index < -0.39 is 68.2 Å². The van der Waals surface area contributed by atoms with Crippen LogP contribution in [0.1, 0.15) is 50.7 Å². The van der Waals surface area contributed by atoms with Crippen LogP contribution in [0.25, 0.3) is 21.9 Å². The minimum atomic E-state index is -5.10. The molecule has 2 N–H and O–H groups in total. The van der Waals surface area contributed by atoms with E-state index in [1.54, 1.807) is 25.3 Å². The average Bonchev–Trinajstić information content (AvgIpc) is 3.04. The number of carbonyl (C=O) groups is 2. The highest BCUT2D eigenvalue weighted by atomic mass is 19.4. The summed E-state index contributed by atoms with van der Waals surface area (Å²) >= 11 is 0. The van der Waals surface area contributed by atoms with Crippen LogP contribution in [0.3, 0.4) is 0 Å². The van der Waals surface area contributed by atoms with Crippen molar-refractivity contribution in [3.8, 4) is 16.9 Å². The third-order valence-corrected chi connectivity index (χ3v) is 10.3. The fourth-order valence-corrected chi connectivity index (χ4v) is 7.21. The number of hydrogen-bond donors (Lipinski definition) is 2. The van der Waals surface area contributed by atoms with Crippen molar-refractivity contribution in [2.24, 2.45) is 10.8 Å². The molecule has 3 aromatic rings. The first-order chi connectivity index (χ1) is 23.4. The van der Waals surface area contributed by atoms with Gasteiger partial charge >= 0.3 is 18.3 Å². The van der Waals surface area contributed by atoms with Crippen LogP contribution in [0.2, 0.25) is 0 Å². The largest absolute Gasteiger partial charge is 0.496 e. The minimum Gasteiger partial charge on any atom is -0.496 e. The molecule has 0 bridgehead atoms. The van der Waals surface area contributed by atoms with E-state index >= 15 is 0 Å². The van der Waals surface area contributed by atoms with Crippen LogP contribution in [0, 0.1) is 10.8 Å². The fraction of sp³-hybridized carbons (Fsp3) is 0.514. The molecular weight excluding hydrogens is 664 g/mol. The van der Waals surface area contributed by atoms with Gasteiger partial charge in [-0.2, -0.15) is 26.3 Å². The number of piperidine rings is 2. The molecule has 7 nitrogen and oxygen atoms in total. The molecule has 0 aliphatic carbocycles. The number of carbonyl (C=O) groups excluding carboxylic acids is 1. The molecule has 0 saturated carbocycles. The Balaban J connectivity index is 1.43. The third kappa shape index (κ3) is 8.20. The third-order valence-electron chi connectivity index (χ3n) is 10.3. The summed E-state index contributed by atoms with van der Waals surface area (Å²) in [5.41, 5.74) is 0.540. The van der Waals surface area contributed by atoms with Crippen LogP contribution in [0.5, 0.6) is 5.75 Å². The number of rotatable bonds is 10. The molecule has 0 spiro atoms. The van der Waals surface area contributed by atoms with Gasteiger partial charge in [0.2, 0.25) is 5.91 Å². The molecule has 13 heteroatoms. The average molecular weight is 708 g/mol. The van der Waals surface area contributed by atoms with Crippen molar-refractivity contribution in [1.29, 1.82) is 0 Å². The van der Waals surface area contributed by atoms with Gasteiger partial charge in [-0.05, 0) is 90.8 Å². The number of amides is 1. The number of carboxylic acids is 1. The number of likely N-dealkylation sites (tertiary alicyclic amines) is 2. The molecule has 2 fully saturated rings. The lowest BCUT2D eigenvalue weighted by molar-refractivity contribution is -0.236. The lowest BCUT2D eigenvalue weighted by Crippen LogP contribution is -2.59. The summed E-state index contributed by atoms with van der Waals surface area (Å²) in [6.07, 6.45) is -9.71. The van der Waals surface area contributed by atoms with Crippen LogP contribution in [-0.2, 0) is 22.6 Å². The van der Waals surface area contributed by atoms with Gasteiger partial charge in [0.15, 0.2) is 0 Å². The molecule has 1 amide bonds. The normalized spacial score (nSPS) is 19.2. The van der Waals surface area contributed by atoms with Crippen molar-refractivity contribution in [2.45, 2.75) is 70.9 Å². The molecule has 2 saturated heterocycles. The molecule has 3 aromatic carbocycles. The molecule has 0 unspecified atom stereocenters. The topological polar surface area (TPSA) is 82.1 Å². The van der Waals surface area contributed by atoms with Crippen LogP contribution < -0.4 is 10.1 Å². The fourth-order valence-electron chi connectivity index (χ4n) is 7.21. The predicted octanol–water partition coefficient (Wildman–Crippen LogP) is 7.46.